The monoisotopic (exact) mass is 224 g/mol. The second kappa shape index (κ2) is 5.08. The average Bonchev–Trinajstić information content (AvgIpc) is 2.48. The second-order valence-corrected chi connectivity index (χ2v) is 5.38. The molecule has 1 aromatic heterocycles. The summed E-state index contributed by atoms with van der Waals surface area (Å²) in [4.78, 5) is 4.55. The van der Waals surface area contributed by atoms with Crippen LogP contribution in [0.2, 0.25) is 0 Å². The Morgan fingerprint density at radius 3 is 2.87 bits per heavy atom. The Morgan fingerprint density at radius 2 is 2.40 bits per heavy atom. The molecule has 84 valence electrons. The number of nitrogens with one attached hydrogen (secondary N) is 1. The quantitative estimate of drug-likeness (QED) is 0.832. The van der Waals surface area contributed by atoms with Crippen LogP contribution in [0.1, 0.15) is 36.9 Å². The Morgan fingerprint density at radius 1 is 1.60 bits per heavy atom. The van der Waals surface area contributed by atoms with E-state index in [1.54, 1.807) is 11.3 Å². The first-order chi connectivity index (χ1) is 7.29. The standard InChI is InChI=1S/C12H20N2S/c1-3-13-11(10-5-4-6-10)7-12-14-9(2)8-15-12/h8,10-11,13H,3-7H2,1-2H3. The fourth-order valence-electron chi connectivity index (χ4n) is 2.19. The average molecular weight is 224 g/mol. The fourth-order valence-corrected chi connectivity index (χ4v) is 3.03. The topological polar surface area (TPSA) is 24.9 Å². The van der Waals surface area contributed by atoms with Gasteiger partial charge in [-0.25, -0.2) is 4.98 Å². The van der Waals surface area contributed by atoms with Crippen molar-refractivity contribution in [2.45, 2.75) is 45.6 Å². The summed E-state index contributed by atoms with van der Waals surface area (Å²) in [7, 11) is 0. The van der Waals surface area contributed by atoms with E-state index in [2.05, 4.69) is 29.5 Å². The van der Waals surface area contributed by atoms with Crippen LogP contribution in [0.15, 0.2) is 5.38 Å². The van der Waals surface area contributed by atoms with Crippen LogP contribution in [-0.4, -0.2) is 17.6 Å². The maximum absolute atomic E-state index is 4.55. The van der Waals surface area contributed by atoms with E-state index in [4.69, 9.17) is 0 Å². The molecule has 1 atom stereocenters. The lowest BCUT2D eigenvalue weighted by molar-refractivity contribution is 0.229. The van der Waals surface area contributed by atoms with Crippen LogP contribution in [0.5, 0.6) is 0 Å². The molecule has 3 heteroatoms. The molecular formula is C12H20N2S. The Hall–Kier alpha value is -0.410. The Kier molecular flexibility index (Phi) is 3.76. The van der Waals surface area contributed by atoms with Crippen LogP contribution in [0.4, 0.5) is 0 Å². The molecule has 0 radical (unpaired) electrons. The van der Waals surface area contributed by atoms with E-state index >= 15 is 0 Å². The lowest BCUT2D eigenvalue weighted by Gasteiger charge is -2.33. The minimum Gasteiger partial charge on any atom is -0.314 e. The number of aromatic nitrogens is 1. The molecule has 1 aliphatic rings. The molecular weight excluding hydrogens is 204 g/mol. The van der Waals surface area contributed by atoms with Crippen LogP contribution >= 0.6 is 11.3 Å². The molecule has 0 aliphatic heterocycles. The highest BCUT2D eigenvalue weighted by molar-refractivity contribution is 7.09. The van der Waals surface area contributed by atoms with Crippen molar-refractivity contribution in [2.24, 2.45) is 5.92 Å². The number of rotatable bonds is 5. The first-order valence-electron chi connectivity index (χ1n) is 5.94. The van der Waals surface area contributed by atoms with Gasteiger partial charge in [0.25, 0.3) is 0 Å². The summed E-state index contributed by atoms with van der Waals surface area (Å²) in [6.07, 6.45) is 5.35. The van der Waals surface area contributed by atoms with Gasteiger partial charge in [-0.05, 0) is 32.2 Å². The van der Waals surface area contributed by atoms with Crippen LogP contribution in [0.25, 0.3) is 0 Å². The lowest BCUT2D eigenvalue weighted by atomic mass is 9.78. The zero-order valence-electron chi connectivity index (χ0n) is 9.62. The van der Waals surface area contributed by atoms with Crippen LogP contribution in [0.3, 0.4) is 0 Å². The fraction of sp³-hybridized carbons (Fsp3) is 0.750. The number of aryl methyl sites for hydroxylation is 1. The molecule has 0 spiro atoms. The van der Waals surface area contributed by atoms with Crippen molar-refractivity contribution in [3.63, 3.8) is 0 Å². The van der Waals surface area contributed by atoms with E-state index in [1.165, 1.54) is 30.0 Å². The van der Waals surface area contributed by atoms with Gasteiger partial charge >= 0.3 is 0 Å². The summed E-state index contributed by atoms with van der Waals surface area (Å²) < 4.78 is 0. The molecule has 1 aromatic rings. The van der Waals surface area contributed by atoms with Gasteiger partial charge in [0.2, 0.25) is 0 Å². The first-order valence-corrected chi connectivity index (χ1v) is 6.82. The van der Waals surface area contributed by atoms with Gasteiger partial charge in [-0.2, -0.15) is 0 Å². The zero-order chi connectivity index (χ0) is 10.7. The maximum atomic E-state index is 4.55. The van der Waals surface area contributed by atoms with E-state index < -0.39 is 0 Å². The molecule has 0 aromatic carbocycles. The van der Waals surface area contributed by atoms with Gasteiger partial charge < -0.3 is 5.32 Å². The van der Waals surface area contributed by atoms with Gasteiger partial charge in [-0.1, -0.05) is 13.3 Å². The maximum Gasteiger partial charge on any atom is 0.0943 e. The Bertz CT molecular complexity index is 304. The van der Waals surface area contributed by atoms with Gasteiger partial charge in [0.1, 0.15) is 0 Å². The molecule has 2 rings (SSSR count). The lowest BCUT2D eigenvalue weighted by Crippen LogP contribution is -2.41. The smallest absolute Gasteiger partial charge is 0.0943 e. The van der Waals surface area contributed by atoms with Crippen LogP contribution < -0.4 is 5.32 Å². The van der Waals surface area contributed by atoms with Gasteiger partial charge in [0, 0.05) is 23.5 Å². The van der Waals surface area contributed by atoms with Gasteiger partial charge in [0.15, 0.2) is 0 Å². The summed E-state index contributed by atoms with van der Waals surface area (Å²) in [5.74, 6) is 0.897. The van der Waals surface area contributed by atoms with Gasteiger partial charge in [-0.3, -0.25) is 0 Å². The molecule has 1 fully saturated rings. The molecule has 0 saturated heterocycles. The van der Waals surface area contributed by atoms with Crippen molar-refractivity contribution < 1.29 is 0 Å². The molecule has 1 saturated carbocycles. The predicted molar refractivity (Wildman–Crippen MR) is 65.4 cm³/mol. The molecule has 0 bridgehead atoms. The number of nitrogens with zero attached hydrogens (tertiary/aromatic N) is 1. The van der Waals surface area contributed by atoms with Crippen molar-refractivity contribution in [1.82, 2.24) is 10.3 Å². The second-order valence-electron chi connectivity index (χ2n) is 4.44. The number of likely N-dealkylation sites (N-methyl/N-ethyl adjacent to an activating group) is 1. The Balaban J connectivity index is 1.93. The molecule has 1 unspecified atom stereocenters. The van der Waals surface area contributed by atoms with E-state index in [0.717, 1.165) is 18.9 Å². The third kappa shape index (κ3) is 2.79. The molecule has 1 heterocycles. The summed E-state index contributed by atoms with van der Waals surface area (Å²) in [6, 6.07) is 0.661. The third-order valence-electron chi connectivity index (χ3n) is 3.25. The number of thiazole rings is 1. The summed E-state index contributed by atoms with van der Waals surface area (Å²) in [6.45, 7) is 5.34. The summed E-state index contributed by atoms with van der Waals surface area (Å²) in [5.41, 5.74) is 1.17. The molecule has 1 aliphatic carbocycles. The predicted octanol–water partition coefficient (Wildman–Crippen LogP) is 2.77. The third-order valence-corrected chi connectivity index (χ3v) is 4.24. The zero-order valence-corrected chi connectivity index (χ0v) is 10.4. The van der Waals surface area contributed by atoms with Crippen molar-refractivity contribution in [3.05, 3.63) is 16.1 Å². The van der Waals surface area contributed by atoms with Crippen LogP contribution in [0, 0.1) is 12.8 Å². The minimum absolute atomic E-state index is 0.661. The van der Waals surface area contributed by atoms with E-state index in [0.29, 0.717) is 6.04 Å². The summed E-state index contributed by atoms with van der Waals surface area (Å²) >= 11 is 1.80. The molecule has 0 amide bonds. The van der Waals surface area contributed by atoms with Crippen molar-refractivity contribution in [3.8, 4) is 0 Å². The van der Waals surface area contributed by atoms with Crippen molar-refractivity contribution in [2.75, 3.05) is 6.54 Å². The molecule has 1 N–H and O–H groups in total. The Labute approximate surface area is 96.1 Å². The van der Waals surface area contributed by atoms with Crippen LogP contribution in [-0.2, 0) is 6.42 Å². The largest absolute Gasteiger partial charge is 0.314 e. The minimum atomic E-state index is 0.661. The van der Waals surface area contributed by atoms with Crippen molar-refractivity contribution in [1.29, 1.82) is 0 Å². The van der Waals surface area contributed by atoms with E-state index in [9.17, 15) is 0 Å². The summed E-state index contributed by atoms with van der Waals surface area (Å²) in [5, 5.41) is 7.06. The highest BCUT2D eigenvalue weighted by Crippen LogP contribution is 2.31. The normalized spacial score (nSPS) is 18.8. The highest BCUT2D eigenvalue weighted by Gasteiger charge is 2.27. The van der Waals surface area contributed by atoms with E-state index in [-0.39, 0.29) is 0 Å². The molecule has 15 heavy (non-hydrogen) atoms. The van der Waals surface area contributed by atoms with Gasteiger partial charge in [0.05, 0.1) is 5.01 Å². The van der Waals surface area contributed by atoms with Crippen molar-refractivity contribution >= 4 is 11.3 Å². The molecule has 2 nitrogen and oxygen atoms in total. The van der Waals surface area contributed by atoms with Gasteiger partial charge in [-0.15, -0.1) is 11.3 Å². The SMILES string of the molecule is CCNC(Cc1nc(C)cs1)C1CCC1. The highest BCUT2D eigenvalue weighted by atomic mass is 32.1. The number of hydrogen-bond acceptors (Lipinski definition) is 3. The van der Waals surface area contributed by atoms with E-state index in [1.807, 2.05) is 0 Å². The first kappa shape index (κ1) is 11.1. The number of hydrogen-bond donors (Lipinski definition) is 1.